The van der Waals surface area contributed by atoms with Crippen molar-refractivity contribution >= 4 is 41.5 Å². The van der Waals surface area contributed by atoms with Gasteiger partial charge in [-0.15, -0.1) is 0 Å². The molecule has 0 unspecified atom stereocenters. The van der Waals surface area contributed by atoms with Crippen LogP contribution in [0.2, 0.25) is 0 Å². The normalized spacial score (nSPS) is 11.4. The third-order valence-electron chi connectivity index (χ3n) is 6.38. The van der Waals surface area contributed by atoms with Gasteiger partial charge in [0.2, 0.25) is 0 Å². The van der Waals surface area contributed by atoms with Crippen molar-refractivity contribution in [1.82, 2.24) is 0 Å². The SMILES string of the molecule is c1ccc(P(CCCN=P(c2ccccc2)(c2ccccc2)c2ccccc2)c2ccccc2)cc1. The lowest BCUT2D eigenvalue weighted by molar-refractivity contribution is 0.951. The van der Waals surface area contributed by atoms with Gasteiger partial charge in [0.25, 0.3) is 0 Å². The summed E-state index contributed by atoms with van der Waals surface area (Å²) in [7, 11) is -2.53. The van der Waals surface area contributed by atoms with Crippen molar-refractivity contribution in [3.8, 4) is 0 Å². The molecule has 0 atom stereocenters. The molecule has 0 fully saturated rings. The number of rotatable bonds is 9. The Hall–Kier alpha value is -3.24. The van der Waals surface area contributed by atoms with Gasteiger partial charge in [-0.25, -0.2) is 0 Å². The first-order chi connectivity index (χ1) is 17.9. The lowest BCUT2D eigenvalue weighted by Gasteiger charge is -2.27. The van der Waals surface area contributed by atoms with Crippen LogP contribution in [-0.4, -0.2) is 12.7 Å². The molecule has 5 rings (SSSR count). The lowest BCUT2D eigenvalue weighted by atomic mass is 10.4. The van der Waals surface area contributed by atoms with E-state index in [9.17, 15) is 0 Å². The molecule has 0 aliphatic rings. The average molecular weight is 504 g/mol. The summed E-state index contributed by atoms with van der Waals surface area (Å²) < 4.78 is 5.65. The predicted molar refractivity (Wildman–Crippen MR) is 161 cm³/mol. The predicted octanol–water partition coefficient (Wildman–Crippen LogP) is 6.69. The minimum Gasteiger partial charge on any atom is -0.290 e. The fourth-order valence-corrected chi connectivity index (χ4v) is 10.7. The van der Waals surface area contributed by atoms with E-state index in [-0.39, 0.29) is 0 Å². The molecule has 1 nitrogen and oxygen atoms in total. The molecule has 5 aromatic carbocycles. The molecule has 0 aliphatic carbocycles. The lowest BCUT2D eigenvalue weighted by Crippen LogP contribution is -2.25. The molecule has 178 valence electrons. The quantitative estimate of drug-likeness (QED) is 0.157. The number of benzene rings is 5. The topological polar surface area (TPSA) is 12.4 Å². The molecule has 36 heavy (non-hydrogen) atoms. The molecule has 0 aromatic heterocycles. The van der Waals surface area contributed by atoms with E-state index in [1.807, 2.05) is 0 Å². The van der Waals surface area contributed by atoms with Crippen LogP contribution in [0, 0.1) is 0 Å². The Morgan fingerprint density at radius 3 is 1.14 bits per heavy atom. The van der Waals surface area contributed by atoms with Gasteiger partial charge in [0.1, 0.15) is 0 Å². The van der Waals surface area contributed by atoms with Gasteiger partial charge >= 0.3 is 0 Å². The van der Waals surface area contributed by atoms with Crippen LogP contribution in [0.15, 0.2) is 156 Å². The van der Waals surface area contributed by atoms with Crippen molar-refractivity contribution in [3.63, 3.8) is 0 Å². The Labute approximate surface area is 216 Å². The van der Waals surface area contributed by atoms with Gasteiger partial charge < -0.3 is 0 Å². The standard InChI is InChI=1S/C33H31NP2/c1-6-17-29(18-7-1)35(30-19-8-2-9-20-30)28-16-27-34-36(31-21-10-3-11-22-31,32-23-12-4-13-24-32)33-25-14-5-15-26-33/h1-15,17-26H,16,27-28H2. The number of nitrogens with zero attached hydrogens (tertiary/aromatic N) is 1. The van der Waals surface area contributed by atoms with Gasteiger partial charge in [-0.3, -0.25) is 4.74 Å². The van der Waals surface area contributed by atoms with E-state index in [4.69, 9.17) is 4.74 Å². The average Bonchev–Trinajstić information content (AvgIpc) is 2.97. The van der Waals surface area contributed by atoms with E-state index >= 15 is 0 Å². The summed E-state index contributed by atoms with van der Waals surface area (Å²) in [6, 6.07) is 54.7. The van der Waals surface area contributed by atoms with Crippen LogP contribution < -0.4 is 26.5 Å². The van der Waals surface area contributed by atoms with Crippen LogP contribution in [0.3, 0.4) is 0 Å². The monoisotopic (exact) mass is 503 g/mol. The van der Waals surface area contributed by atoms with Crippen molar-refractivity contribution in [2.45, 2.75) is 6.42 Å². The van der Waals surface area contributed by atoms with E-state index in [1.54, 1.807) is 0 Å². The molecular formula is C33H31NP2. The minimum atomic E-state index is -2.12. The smallest absolute Gasteiger partial charge is 0.0547 e. The van der Waals surface area contributed by atoms with E-state index in [0.717, 1.165) is 19.1 Å². The zero-order valence-corrected chi connectivity index (χ0v) is 22.2. The van der Waals surface area contributed by atoms with E-state index in [2.05, 4.69) is 152 Å². The van der Waals surface area contributed by atoms with Crippen molar-refractivity contribution in [1.29, 1.82) is 0 Å². The molecule has 0 bridgehead atoms. The van der Waals surface area contributed by atoms with Crippen LogP contribution in [0.25, 0.3) is 0 Å². The maximum absolute atomic E-state index is 5.65. The molecule has 0 saturated heterocycles. The molecule has 0 heterocycles. The zero-order valence-electron chi connectivity index (χ0n) is 20.4. The van der Waals surface area contributed by atoms with Crippen LogP contribution in [0.5, 0.6) is 0 Å². The highest BCUT2D eigenvalue weighted by molar-refractivity contribution is 7.87. The Balaban J connectivity index is 1.53. The maximum Gasteiger partial charge on any atom is 0.0547 e. The van der Waals surface area contributed by atoms with Crippen molar-refractivity contribution in [2.75, 3.05) is 12.7 Å². The highest BCUT2D eigenvalue weighted by atomic mass is 31.2. The summed E-state index contributed by atoms with van der Waals surface area (Å²) in [6.07, 6.45) is 2.19. The van der Waals surface area contributed by atoms with Gasteiger partial charge in [0, 0.05) is 22.5 Å². The van der Waals surface area contributed by atoms with Gasteiger partial charge in [-0.1, -0.05) is 152 Å². The highest BCUT2D eigenvalue weighted by Crippen LogP contribution is 2.46. The Kier molecular flexibility index (Phi) is 8.24. The van der Waals surface area contributed by atoms with Crippen molar-refractivity contribution < 1.29 is 0 Å². The van der Waals surface area contributed by atoms with Crippen molar-refractivity contribution in [3.05, 3.63) is 152 Å². The summed E-state index contributed by atoms with van der Waals surface area (Å²) in [5, 5.41) is 6.82. The molecule has 0 radical (unpaired) electrons. The summed E-state index contributed by atoms with van der Waals surface area (Å²) in [4.78, 5) is 0. The Morgan fingerprint density at radius 1 is 0.444 bits per heavy atom. The Bertz CT molecular complexity index is 1240. The second kappa shape index (κ2) is 12.1. The van der Waals surface area contributed by atoms with E-state index in [0.29, 0.717) is 0 Å². The number of hydrogen-bond donors (Lipinski definition) is 0. The fourth-order valence-electron chi connectivity index (χ4n) is 4.70. The molecule has 5 aromatic rings. The van der Waals surface area contributed by atoms with Crippen LogP contribution in [0.4, 0.5) is 0 Å². The molecular weight excluding hydrogens is 472 g/mol. The molecule has 0 N–H and O–H groups in total. The van der Waals surface area contributed by atoms with Crippen LogP contribution in [-0.2, 0) is 0 Å². The minimum absolute atomic E-state index is 0.409. The third kappa shape index (κ3) is 5.44. The first-order valence-corrected chi connectivity index (χ1v) is 15.8. The van der Waals surface area contributed by atoms with Crippen LogP contribution >= 0.6 is 15.0 Å². The second-order valence-electron chi connectivity index (χ2n) is 8.68. The largest absolute Gasteiger partial charge is 0.290 e. The molecule has 0 amide bonds. The first kappa shape index (κ1) is 24.5. The molecule has 0 saturated carbocycles. The highest BCUT2D eigenvalue weighted by Gasteiger charge is 2.26. The van der Waals surface area contributed by atoms with E-state index in [1.165, 1.54) is 26.5 Å². The molecule has 0 spiro atoms. The second-order valence-corrected chi connectivity index (χ2v) is 14.1. The first-order valence-electron chi connectivity index (χ1n) is 12.5. The van der Waals surface area contributed by atoms with E-state index < -0.39 is 15.0 Å². The summed E-state index contributed by atoms with van der Waals surface area (Å²) in [6.45, 7) is 0.838. The van der Waals surface area contributed by atoms with Crippen LogP contribution in [0.1, 0.15) is 6.42 Å². The third-order valence-corrected chi connectivity index (χ3v) is 12.7. The summed E-state index contributed by atoms with van der Waals surface area (Å²) >= 11 is 0. The zero-order chi connectivity index (χ0) is 24.5. The summed E-state index contributed by atoms with van der Waals surface area (Å²) in [5.74, 6) is 0. The van der Waals surface area contributed by atoms with Gasteiger partial charge in [0.15, 0.2) is 0 Å². The maximum atomic E-state index is 5.65. The molecule has 0 aliphatic heterocycles. The van der Waals surface area contributed by atoms with Crippen molar-refractivity contribution in [2.24, 2.45) is 4.74 Å². The van der Waals surface area contributed by atoms with Gasteiger partial charge in [0.05, 0.1) is 7.05 Å². The van der Waals surface area contributed by atoms with Gasteiger partial charge in [-0.2, -0.15) is 0 Å². The summed E-state index contributed by atoms with van der Waals surface area (Å²) in [5.41, 5.74) is 0. The Morgan fingerprint density at radius 2 is 0.778 bits per heavy atom. The molecule has 3 heteroatoms. The number of hydrogen-bond acceptors (Lipinski definition) is 1. The fraction of sp³-hybridized carbons (Fsp3) is 0.0909. The van der Waals surface area contributed by atoms with Gasteiger partial charge in [-0.05, 0) is 31.1 Å².